The van der Waals surface area contributed by atoms with E-state index < -0.39 is 6.10 Å². The van der Waals surface area contributed by atoms with E-state index in [-0.39, 0.29) is 18.6 Å². The van der Waals surface area contributed by atoms with Crippen molar-refractivity contribution in [2.24, 2.45) is 0 Å². The first-order valence-corrected chi connectivity index (χ1v) is 5.71. The number of benzene rings is 1. The van der Waals surface area contributed by atoms with Crippen molar-refractivity contribution in [1.82, 2.24) is 5.32 Å². The molecule has 1 amide bonds. The molecule has 2 atom stereocenters. The van der Waals surface area contributed by atoms with Crippen LogP contribution in [0, 0.1) is 0 Å². The lowest BCUT2D eigenvalue weighted by molar-refractivity contribution is -0.132. The second-order valence-electron chi connectivity index (χ2n) is 3.82. The highest BCUT2D eigenvalue weighted by atomic mass is 16.5. The van der Waals surface area contributed by atoms with Crippen LogP contribution in [0.2, 0.25) is 0 Å². The molecule has 4 heteroatoms. The normalized spacial score (nSPS) is 14.1. The first-order valence-electron chi connectivity index (χ1n) is 5.71. The molecule has 1 aromatic rings. The summed E-state index contributed by atoms with van der Waals surface area (Å²) in [6.07, 6.45) is 0.0600. The number of hydrogen-bond acceptors (Lipinski definition) is 3. The predicted molar refractivity (Wildman–Crippen MR) is 65.5 cm³/mol. The lowest BCUT2D eigenvalue weighted by Crippen LogP contribution is -2.40. The van der Waals surface area contributed by atoms with Crippen molar-refractivity contribution in [3.63, 3.8) is 0 Å². The Morgan fingerprint density at radius 1 is 1.41 bits per heavy atom. The van der Waals surface area contributed by atoms with Gasteiger partial charge in [-0.1, -0.05) is 37.3 Å². The molecule has 0 radical (unpaired) electrons. The molecule has 94 valence electrons. The first kappa shape index (κ1) is 13.7. The van der Waals surface area contributed by atoms with Crippen molar-refractivity contribution in [2.75, 3.05) is 13.7 Å². The maximum absolute atomic E-state index is 12.0. The third-order valence-corrected chi connectivity index (χ3v) is 2.64. The second kappa shape index (κ2) is 7.04. The minimum atomic E-state index is -0.628. The van der Waals surface area contributed by atoms with Gasteiger partial charge in [0.2, 0.25) is 0 Å². The summed E-state index contributed by atoms with van der Waals surface area (Å²) in [7, 11) is 1.50. The van der Waals surface area contributed by atoms with E-state index in [1.54, 1.807) is 0 Å². The van der Waals surface area contributed by atoms with Gasteiger partial charge in [-0.15, -0.1) is 0 Å². The highest BCUT2D eigenvalue weighted by molar-refractivity contribution is 5.82. The minimum Gasteiger partial charge on any atom is -0.394 e. The maximum Gasteiger partial charge on any atom is 0.254 e. The van der Waals surface area contributed by atoms with Gasteiger partial charge in [-0.3, -0.25) is 4.79 Å². The molecule has 0 bridgehead atoms. The fourth-order valence-electron chi connectivity index (χ4n) is 1.58. The zero-order chi connectivity index (χ0) is 12.7. The quantitative estimate of drug-likeness (QED) is 0.783. The fourth-order valence-corrected chi connectivity index (χ4v) is 1.58. The number of rotatable bonds is 6. The summed E-state index contributed by atoms with van der Waals surface area (Å²) >= 11 is 0. The zero-order valence-electron chi connectivity index (χ0n) is 10.2. The Bertz CT molecular complexity index is 336. The Balaban J connectivity index is 2.71. The molecule has 1 unspecified atom stereocenters. The monoisotopic (exact) mass is 237 g/mol. The van der Waals surface area contributed by atoms with E-state index in [0.29, 0.717) is 6.42 Å². The Morgan fingerprint density at radius 2 is 2.06 bits per heavy atom. The molecule has 0 aliphatic rings. The van der Waals surface area contributed by atoms with Crippen molar-refractivity contribution in [2.45, 2.75) is 25.5 Å². The van der Waals surface area contributed by atoms with Crippen LogP contribution in [0.15, 0.2) is 30.3 Å². The fraction of sp³-hybridized carbons (Fsp3) is 0.462. The third-order valence-electron chi connectivity index (χ3n) is 2.64. The molecule has 0 aromatic heterocycles. The number of hydrogen-bond donors (Lipinski definition) is 2. The molecule has 1 rings (SSSR count). The highest BCUT2D eigenvalue weighted by Crippen LogP contribution is 2.16. The molecular weight excluding hydrogens is 218 g/mol. The van der Waals surface area contributed by atoms with Crippen molar-refractivity contribution in [3.8, 4) is 0 Å². The van der Waals surface area contributed by atoms with Crippen LogP contribution in [0.25, 0.3) is 0 Å². The van der Waals surface area contributed by atoms with E-state index in [0.717, 1.165) is 5.56 Å². The van der Waals surface area contributed by atoms with Crippen molar-refractivity contribution in [1.29, 1.82) is 0 Å². The van der Waals surface area contributed by atoms with Crippen LogP contribution < -0.4 is 5.32 Å². The van der Waals surface area contributed by atoms with Crippen LogP contribution in [0.1, 0.15) is 25.0 Å². The molecule has 2 N–H and O–H groups in total. The van der Waals surface area contributed by atoms with Crippen LogP contribution in [0.5, 0.6) is 0 Å². The average molecular weight is 237 g/mol. The topological polar surface area (TPSA) is 58.6 Å². The Kier molecular flexibility index (Phi) is 5.66. The molecule has 0 fully saturated rings. The van der Waals surface area contributed by atoms with Gasteiger partial charge in [0.05, 0.1) is 12.6 Å². The minimum absolute atomic E-state index is 0.0620. The average Bonchev–Trinajstić information content (AvgIpc) is 2.38. The van der Waals surface area contributed by atoms with Gasteiger partial charge in [-0.05, 0) is 12.0 Å². The van der Waals surface area contributed by atoms with Gasteiger partial charge in [0.15, 0.2) is 6.10 Å². The van der Waals surface area contributed by atoms with E-state index in [1.807, 2.05) is 37.3 Å². The molecule has 0 saturated carbocycles. The van der Waals surface area contributed by atoms with Gasteiger partial charge in [-0.2, -0.15) is 0 Å². The number of ether oxygens (including phenoxy) is 1. The Morgan fingerprint density at radius 3 is 2.53 bits per heavy atom. The van der Waals surface area contributed by atoms with Gasteiger partial charge >= 0.3 is 0 Å². The van der Waals surface area contributed by atoms with Crippen LogP contribution in [0.3, 0.4) is 0 Å². The zero-order valence-corrected chi connectivity index (χ0v) is 10.2. The highest BCUT2D eigenvalue weighted by Gasteiger charge is 2.21. The summed E-state index contributed by atoms with van der Waals surface area (Å²) < 4.78 is 5.19. The Labute approximate surface area is 102 Å². The lowest BCUT2D eigenvalue weighted by Gasteiger charge is -2.19. The van der Waals surface area contributed by atoms with Gasteiger partial charge < -0.3 is 15.2 Å². The van der Waals surface area contributed by atoms with Crippen LogP contribution in [-0.4, -0.2) is 30.8 Å². The summed E-state index contributed by atoms with van der Waals surface area (Å²) in [6.45, 7) is 1.85. The number of amides is 1. The lowest BCUT2D eigenvalue weighted by atomic mass is 10.1. The van der Waals surface area contributed by atoms with Gasteiger partial charge in [0.1, 0.15) is 0 Å². The summed E-state index contributed by atoms with van der Waals surface area (Å²) in [5.41, 5.74) is 0.806. The molecule has 0 saturated heterocycles. The third kappa shape index (κ3) is 3.84. The van der Waals surface area contributed by atoms with Crippen LogP contribution in [-0.2, 0) is 9.53 Å². The molecule has 0 aliphatic carbocycles. The molecule has 0 spiro atoms. The molecule has 1 aromatic carbocycles. The number of methoxy groups -OCH3 is 1. The van der Waals surface area contributed by atoms with Crippen molar-refractivity contribution in [3.05, 3.63) is 35.9 Å². The maximum atomic E-state index is 12.0. The molecule has 4 nitrogen and oxygen atoms in total. The van der Waals surface area contributed by atoms with E-state index in [9.17, 15) is 4.79 Å². The summed E-state index contributed by atoms with van der Waals surface area (Å²) in [4.78, 5) is 12.0. The summed E-state index contributed by atoms with van der Waals surface area (Å²) in [5, 5.41) is 11.8. The van der Waals surface area contributed by atoms with Crippen LogP contribution >= 0.6 is 0 Å². The summed E-state index contributed by atoms with van der Waals surface area (Å²) in [5.74, 6) is -0.223. The molecule has 0 heterocycles. The van der Waals surface area contributed by atoms with E-state index in [1.165, 1.54) is 7.11 Å². The van der Waals surface area contributed by atoms with Crippen molar-refractivity contribution < 1.29 is 14.6 Å². The van der Waals surface area contributed by atoms with Gasteiger partial charge in [0.25, 0.3) is 5.91 Å². The van der Waals surface area contributed by atoms with E-state index >= 15 is 0 Å². The van der Waals surface area contributed by atoms with Crippen molar-refractivity contribution >= 4 is 5.91 Å². The Hall–Kier alpha value is -1.39. The largest absolute Gasteiger partial charge is 0.394 e. The van der Waals surface area contributed by atoms with Gasteiger partial charge in [0, 0.05) is 7.11 Å². The van der Waals surface area contributed by atoms with Crippen LogP contribution in [0.4, 0.5) is 0 Å². The number of nitrogens with one attached hydrogen (secondary N) is 1. The first-order chi connectivity index (χ1) is 8.22. The number of carbonyl (C=O) groups is 1. The molecule has 17 heavy (non-hydrogen) atoms. The predicted octanol–water partition coefficient (Wildman–Crippen LogP) is 1.26. The van der Waals surface area contributed by atoms with E-state index in [4.69, 9.17) is 9.84 Å². The smallest absolute Gasteiger partial charge is 0.254 e. The number of aliphatic hydroxyl groups is 1. The molecule has 0 aliphatic heterocycles. The van der Waals surface area contributed by atoms with Gasteiger partial charge in [-0.25, -0.2) is 0 Å². The second-order valence-corrected chi connectivity index (χ2v) is 3.82. The SMILES string of the molecule is CC[C@@H](CO)NC(=O)C(OC)c1ccccc1. The number of carbonyl (C=O) groups excluding carboxylic acids is 1. The molecular formula is C13H19NO3. The summed E-state index contributed by atoms with van der Waals surface area (Å²) in [6, 6.07) is 9.07. The standard InChI is InChI=1S/C13H19NO3/c1-3-11(9-15)14-13(16)12(17-2)10-7-5-4-6-8-10/h4-8,11-12,15H,3,9H2,1-2H3,(H,14,16)/t11-,12?/m0/s1. The van der Waals surface area contributed by atoms with E-state index in [2.05, 4.69) is 5.32 Å². The number of aliphatic hydroxyl groups excluding tert-OH is 1.